The Labute approximate surface area is 100 Å². The molecule has 2 rings (SSSR count). The lowest BCUT2D eigenvalue weighted by Crippen LogP contribution is -2.12. The SMILES string of the molecule is COC(=O)c1cc(=O)c2c([N+](=O)[O-])cccc2[nH]1. The smallest absolute Gasteiger partial charge is 0.354 e. The van der Waals surface area contributed by atoms with E-state index in [1.165, 1.54) is 25.3 Å². The Morgan fingerprint density at radius 3 is 2.78 bits per heavy atom. The number of nitrogens with zero attached hydrogens (tertiary/aromatic N) is 1. The molecule has 0 unspecified atom stereocenters. The zero-order valence-electron chi connectivity index (χ0n) is 9.30. The predicted octanol–water partition coefficient (Wildman–Crippen LogP) is 1.22. The number of hydrogen-bond acceptors (Lipinski definition) is 5. The minimum absolute atomic E-state index is 0.0458. The first-order valence-corrected chi connectivity index (χ1v) is 4.93. The van der Waals surface area contributed by atoms with E-state index in [0.717, 1.165) is 6.07 Å². The Morgan fingerprint density at radius 1 is 1.44 bits per heavy atom. The van der Waals surface area contributed by atoms with Gasteiger partial charge in [-0.25, -0.2) is 4.79 Å². The molecular weight excluding hydrogens is 240 g/mol. The van der Waals surface area contributed by atoms with Gasteiger partial charge >= 0.3 is 5.97 Å². The van der Waals surface area contributed by atoms with Crippen LogP contribution in [0.15, 0.2) is 29.1 Å². The van der Waals surface area contributed by atoms with Crippen molar-refractivity contribution in [3.05, 3.63) is 50.3 Å². The van der Waals surface area contributed by atoms with Gasteiger partial charge in [0.05, 0.1) is 17.5 Å². The fraction of sp³-hybridized carbons (Fsp3) is 0.0909. The van der Waals surface area contributed by atoms with Crippen molar-refractivity contribution in [2.24, 2.45) is 0 Å². The highest BCUT2D eigenvalue weighted by molar-refractivity contribution is 5.93. The second-order valence-corrected chi connectivity index (χ2v) is 3.50. The summed E-state index contributed by atoms with van der Waals surface area (Å²) in [6, 6.07) is 5.13. The van der Waals surface area contributed by atoms with Gasteiger partial charge in [-0.2, -0.15) is 0 Å². The maximum atomic E-state index is 11.8. The van der Waals surface area contributed by atoms with Gasteiger partial charge in [0.15, 0.2) is 5.43 Å². The van der Waals surface area contributed by atoms with Gasteiger partial charge in [0.2, 0.25) is 0 Å². The third-order valence-electron chi connectivity index (χ3n) is 2.44. The number of aromatic amines is 1. The first-order chi connectivity index (χ1) is 8.54. The van der Waals surface area contributed by atoms with E-state index in [1.807, 2.05) is 0 Å². The van der Waals surface area contributed by atoms with Gasteiger partial charge in [-0.05, 0) is 6.07 Å². The molecule has 2 aromatic rings. The number of methoxy groups -OCH3 is 1. The number of benzene rings is 1. The molecule has 1 heterocycles. The van der Waals surface area contributed by atoms with Crippen LogP contribution in [0.4, 0.5) is 5.69 Å². The zero-order chi connectivity index (χ0) is 13.3. The van der Waals surface area contributed by atoms with Crippen LogP contribution in [-0.4, -0.2) is 23.0 Å². The first-order valence-electron chi connectivity index (χ1n) is 4.93. The summed E-state index contributed by atoms with van der Waals surface area (Å²) >= 11 is 0. The third-order valence-corrected chi connectivity index (χ3v) is 2.44. The summed E-state index contributed by atoms with van der Waals surface area (Å²) in [5.41, 5.74) is -0.728. The van der Waals surface area contributed by atoms with Crippen LogP contribution in [0.3, 0.4) is 0 Å². The molecule has 0 bridgehead atoms. The topological polar surface area (TPSA) is 102 Å². The molecule has 0 saturated carbocycles. The highest BCUT2D eigenvalue weighted by atomic mass is 16.6. The Balaban J connectivity index is 2.81. The van der Waals surface area contributed by atoms with Gasteiger partial charge in [0.25, 0.3) is 5.69 Å². The van der Waals surface area contributed by atoms with Crippen molar-refractivity contribution < 1.29 is 14.5 Å². The van der Waals surface area contributed by atoms with Gasteiger partial charge < -0.3 is 9.72 Å². The van der Waals surface area contributed by atoms with E-state index in [0.29, 0.717) is 0 Å². The number of nitro benzene ring substituents is 1. The number of H-pyrrole nitrogens is 1. The summed E-state index contributed by atoms with van der Waals surface area (Å²) in [6.07, 6.45) is 0. The molecule has 0 aliphatic carbocycles. The van der Waals surface area contributed by atoms with Crippen LogP contribution in [-0.2, 0) is 4.74 Å². The molecule has 7 nitrogen and oxygen atoms in total. The Hall–Kier alpha value is -2.70. The number of rotatable bonds is 2. The number of aromatic nitrogens is 1. The van der Waals surface area contributed by atoms with E-state index in [1.54, 1.807) is 0 Å². The lowest BCUT2D eigenvalue weighted by molar-refractivity contribution is -0.383. The molecule has 7 heteroatoms. The number of ether oxygens (including phenoxy) is 1. The number of nitro groups is 1. The van der Waals surface area contributed by atoms with Crippen molar-refractivity contribution in [2.45, 2.75) is 0 Å². The molecule has 0 spiro atoms. The molecule has 0 saturated heterocycles. The van der Waals surface area contributed by atoms with E-state index in [-0.39, 0.29) is 22.3 Å². The normalized spacial score (nSPS) is 10.3. The van der Waals surface area contributed by atoms with Crippen molar-refractivity contribution >= 4 is 22.6 Å². The number of pyridine rings is 1. The minimum Gasteiger partial charge on any atom is -0.464 e. The zero-order valence-corrected chi connectivity index (χ0v) is 9.30. The molecule has 0 atom stereocenters. The predicted molar refractivity (Wildman–Crippen MR) is 62.6 cm³/mol. The van der Waals surface area contributed by atoms with Crippen LogP contribution in [0, 0.1) is 10.1 Å². The largest absolute Gasteiger partial charge is 0.464 e. The molecule has 0 radical (unpaired) electrons. The quantitative estimate of drug-likeness (QED) is 0.489. The second kappa shape index (κ2) is 4.28. The molecule has 0 aliphatic heterocycles. The van der Waals surface area contributed by atoms with Crippen molar-refractivity contribution in [3.8, 4) is 0 Å². The van der Waals surface area contributed by atoms with Gasteiger partial charge in [-0.15, -0.1) is 0 Å². The monoisotopic (exact) mass is 248 g/mol. The van der Waals surface area contributed by atoms with Crippen LogP contribution >= 0.6 is 0 Å². The van der Waals surface area contributed by atoms with Crippen molar-refractivity contribution in [2.75, 3.05) is 7.11 Å². The number of carbonyl (C=O) groups is 1. The van der Waals surface area contributed by atoms with Gasteiger partial charge in [0, 0.05) is 12.1 Å². The van der Waals surface area contributed by atoms with Crippen LogP contribution in [0.25, 0.3) is 10.9 Å². The molecular formula is C11H8N2O5. The van der Waals surface area contributed by atoms with Gasteiger partial charge in [0.1, 0.15) is 11.1 Å². The first kappa shape index (κ1) is 11.8. The van der Waals surface area contributed by atoms with E-state index in [2.05, 4.69) is 9.72 Å². The lowest BCUT2D eigenvalue weighted by atomic mass is 10.1. The molecule has 1 aromatic carbocycles. The van der Waals surface area contributed by atoms with Crippen molar-refractivity contribution in [1.82, 2.24) is 4.98 Å². The number of carbonyl (C=O) groups excluding carboxylic acids is 1. The average Bonchev–Trinajstić information content (AvgIpc) is 2.36. The van der Waals surface area contributed by atoms with Gasteiger partial charge in [-0.1, -0.05) is 6.07 Å². The lowest BCUT2D eigenvalue weighted by Gasteiger charge is -2.02. The van der Waals surface area contributed by atoms with Crippen LogP contribution in [0.1, 0.15) is 10.5 Å². The number of hydrogen-bond donors (Lipinski definition) is 1. The van der Waals surface area contributed by atoms with Crippen LogP contribution < -0.4 is 5.43 Å². The highest BCUT2D eigenvalue weighted by Gasteiger charge is 2.17. The standard InChI is InChI=1S/C11H8N2O5/c1-18-11(15)7-5-9(14)10-6(12-7)3-2-4-8(10)13(16)17/h2-5H,1H3,(H,12,14). The van der Waals surface area contributed by atoms with E-state index >= 15 is 0 Å². The molecule has 0 amide bonds. The molecule has 0 aliphatic rings. The molecule has 1 aromatic heterocycles. The summed E-state index contributed by atoms with van der Waals surface area (Å²) in [5.74, 6) is -0.708. The van der Waals surface area contributed by atoms with Crippen molar-refractivity contribution in [3.63, 3.8) is 0 Å². The summed E-state index contributed by atoms with van der Waals surface area (Å²) in [5, 5.41) is 10.7. The summed E-state index contributed by atoms with van der Waals surface area (Å²) in [4.78, 5) is 35.9. The molecule has 92 valence electrons. The van der Waals surface area contributed by atoms with Crippen LogP contribution in [0.5, 0.6) is 0 Å². The van der Waals surface area contributed by atoms with E-state index < -0.39 is 16.3 Å². The fourth-order valence-corrected chi connectivity index (χ4v) is 1.66. The van der Waals surface area contributed by atoms with Crippen LogP contribution in [0.2, 0.25) is 0 Å². The molecule has 0 fully saturated rings. The summed E-state index contributed by atoms with van der Waals surface area (Å²) < 4.78 is 4.47. The highest BCUT2D eigenvalue weighted by Crippen LogP contribution is 2.20. The second-order valence-electron chi connectivity index (χ2n) is 3.50. The summed E-state index contributed by atoms with van der Waals surface area (Å²) in [6.45, 7) is 0. The Kier molecular flexibility index (Phi) is 2.80. The molecule has 18 heavy (non-hydrogen) atoms. The third kappa shape index (κ3) is 1.81. The number of non-ortho nitro benzene ring substituents is 1. The van der Waals surface area contributed by atoms with Crippen molar-refractivity contribution in [1.29, 1.82) is 0 Å². The van der Waals surface area contributed by atoms with E-state index in [9.17, 15) is 19.7 Å². The number of esters is 1. The van der Waals surface area contributed by atoms with Gasteiger partial charge in [-0.3, -0.25) is 14.9 Å². The number of nitrogens with one attached hydrogen (secondary N) is 1. The van der Waals surface area contributed by atoms with E-state index in [4.69, 9.17) is 0 Å². The minimum atomic E-state index is -0.708. The average molecular weight is 248 g/mol. The maximum Gasteiger partial charge on any atom is 0.354 e. The maximum absolute atomic E-state index is 11.8. The Morgan fingerprint density at radius 2 is 2.17 bits per heavy atom. The summed E-state index contributed by atoms with van der Waals surface area (Å²) in [7, 11) is 1.18. The number of fused-ring (bicyclic) bond motifs is 1. The fourth-order valence-electron chi connectivity index (χ4n) is 1.66. The molecule has 1 N–H and O–H groups in total. The Bertz CT molecular complexity index is 704.